The van der Waals surface area contributed by atoms with Gasteiger partial charge in [-0.05, 0) is 25.0 Å². The number of carbonyl (C=O) groups excluding carboxylic acids is 1. The molecule has 0 aliphatic carbocycles. The summed E-state index contributed by atoms with van der Waals surface area (Å²) in [6, 6.07) is 1.78. The molecule has 0 aromatic carbocycles. The van der Waals surface area contributed by atoms with Crippen LogP contribution in [0.15, 0.2) is 29.3 Å². The van der Waals surface area contributed by atoms with E-state index >= 15 is 0 Å². The third kappa shape index (κ3) is 2.33. The lowest BCUT2D eigenvalue weighted by molar-refractivity contribution is 0.0996. The average Bonchev–Trinajstić information content (AvgIpc) is 2.82. The maximum Gasteiger partial charge on any atom is 0.293 e. The molecule has 5 heteroatoms. The molecule has 17 heavy (non-hydrogen) atoms. The van der Waals surface area contributed by atoms with E-state index in [2.05, 4.69) is 15.3 Å². The molecule has 0 atom stereocenters. The Kier molecular flexibility index (Phi) is 3.18. The van der Waals surface area contributed by atoms with E-state index in [1.165, 1.54) is 12.6 Å². The van der Waals surface area contributed by atoms with Crippen LogP contribution < -0.4 is 5.32 Å². The molecule has 0 bridgehead atoms. The predicted molar refractivity (Wildman–Crippen MR) is 62.8 cm³/mol. The molecule has 88 valence electrons. The Morgan fingerprint density at radius 2 is 2.35 bits per heavy atom. The van der Waals surface area contributed by atoms with E-state index in [4.69, 9.17) is 4.42 Å². The molecule has 1 N–H and O–H groups in total. The van der Waals surface area contributed by atoms with Crippen molar-refractivity contribution in [3.8, 4) is 0 Å². The maximum absolute atomic E-state index is 11.8. The molecular formula is C12H13N3O2. The van der Waals surface area contributed by atoms with Crippen molar-refractivity contribution >= 4 is 11.6 Å². The zero-order chi connectivity index (χ0) is 12.3. The van der Waals surface area contributed by atoms with Crippen LogP contribution in [0.5, 0.6) is 0 Å². The number of nitrogens with zero attached hydrogens (tertiary/aromatic N) is 2. The van der Waals surface area contributed by atoms with Crippen LogP contribution in [0.25, 0.3) is 0 Å². The average molecular weight is 231 g/mol. The van der Waals surface area contributed by atoms with Crippen molar-refractivity contribution in [2.75, 3.05) is 5.32 Å². The number of aromatic nitrogens is 2. The fraction of sp³-hybridized carbons (Fsp3) is 0.250. The topological polar surface area (TPSA) is 68.0 Å². The lowest BCUT2D eigenvalue weighted by Gasteiger charge is -2.10. The second kappa shape index (κ2) is 4.78. The molecule has 0 saturated heterocycles. The van der Waals surface area contributed by atoms with Crippen molar-refractivity contribution in [3.63, 3.8) is 0 Å². The summed E-state index contributed by atoms with van der Waals surface area (Å²) in [6.07, 6.45) is 5.10. The van der Waals surface area contributed by atoms with Gasteiger partial charge in [0.25, 0.3) is 5.91 Å². The highest BCUT2D eigenvalue weighted by molar-refractivity contribution is 6.02. The van der Waals surface area contributed by atoms with E-state index in [0.29, 0.717) is 0 Å². The number of anilines is 1. The van der Waals surface area contributed by atoms with Crippen molar-refractivity contribution in [2.24, 2.45) is 0 Å². The maximum atomic E-state index is 11.8. The second-order valence-corrected chi connectivity index (χ2v) is 3.60. The molecule has 2 rings (SSSR count). The van der Waals surface area contributed by atoms with Crippen LogP contribution in [-0.2, 0) is 6.42 Å². The Morgan fingerprint density at radius 1 is 1.53 bits per heavy atom. The molecule has 2 aromatic rings. The Bertz CT molecular complexity index is 521. The summed E-state index contributed by atoms with van der Waals surface area (Å²) < 4.78 is 4.93. The standard InChI is InChI=1S/C12H13N3O2/c1-3-9-8(2)14-5-4-10(9)15-12(16)11-6-13-7-17-11/h4-7H,3H2,1-2H3,(H,14,15,16). The minimum atomic E-state index is -0.303. The molecule has 0 aliphatic rings. The number of oxazole rings is 1. The molecule has 2 aromatic heterocycles. The lowest BCUT2D eigenvalue weighted by atomic mass is 10.1. The van der Waals surface area contributed by atoms with Gasteiger partial charge in [0.1, 0.15) is 0 Å². The van der Waals surface area contributed by atoms with E-state index in [1.807, 2.05) is 13.8 Å². The monoisotopic (exact) mass is 231 g/mol. The Hall–Kier alpha value is -2.17. The SMILES string of the molecule is CCc1c(NC(=O)c2cnco2)ccnc1C. The normalized spacial score (nSPS) is 10.2. The van der Waals surface area contributed by atoms with Crippen molar-refractivity contribution in [2.45, 2.75) is 20.3 Å². The van der Waals surface area contributed by atoms with Gasteiger partial charge in [-0.15, -0.1) is 0 Å². The van der Waals surface area contributed by atoms with E-state index in [0.717, 1.165) is 23.4 Å². The lowest BCUT2D eigenvalue weighted by Crippen LogP contribution is -2.13. The van der Waals surface area contributed by atoms with Crippen molar-refractivity contribution in [1.29, 1.82) is 0 Å². The van der Waals surface area contributed by atoms with Crippen molar-refractivity contribution in [3.05, 3.63) is 41.9 Å². The zero-order valence-electron chi connectivity index (χ0n) is 9.73. The van der Waals surface area contributed by atoms with Gasteiger partial charge >= 0.3 is 0 Å². The van der Waals surface area contributed by atoms with Crippen LogP contribution in [0.1, 0.15) is 28.7 Å². The van der Waals surface area contributed by atoms with Gasteiger partial charge in [-0.3, -0.25) is 9.78 Å². The van der Waals surface area contributed by atoms with Gasteiger partial charge in [0, 0.05) is 17.6 Å². The van der Waals surface area contributed by atoms with Crippen LogP contribution >= 0.6 is 0 Å². The van der Waals surface area contributed by atoms with Crippen LogP contribution in [0.2, 0.25) is 0 Å². The number of carbonyl (C=O) groups is 1. The molecular weight excluding hydrogens is 218 g/mol. The van der Waals surface area contributed by atoms with Gasteiger partial charge in [-0.1, -0.05) is 6.92 Å². The van der Waals surface area contributed by atoms with E-state index in [1.54, 1.807) is 12.3 Å². The molecule has 0 saturated carbocycles. The summed E-state index contributed by atoms with van der Waals surface area (Å²) in [5.74, 6) is -0.107. The van der Waals surface area contributed by atoms with Crippen molar-refractivity contribution in [1.82, 2.24) is 9.97 Å². The molecule has 0 spiro atoms. The number of pyridine rings is 1. The first kappa shape index (κ1) is 11.3. The smallest absolute Gasteiger partial charge is 0.293 e. The molecule has 0 unspecified atom stereocenters. The Morgan fingerprint density at radius 3 is 3.00 bits per heavy atom. The van der Waals surface area contributed by atoms with Crippen LogP contribution in [0.3, 0.4) is 0 Å². The highest BCUT2D eigenvalue weighted by Gasteiger charge is 2.12. The molecule has 0 radical (unpaired) electrons. The number of hydrogen-bond donors (Lipinski definition) is 1. The quantitative estimate of drug-likeness (QED) is 0.879. The first-order valence-electron chi connectivity index (χ1n) is 5.36. The van der Waals surface area contributed by atoms with Gasteiger partial charge in [0.15, 0.2) is 6.39 Å². The summed E-state index contributed by atoms with van der Waals surface area (Å²) in [4.78, 5) is 19.7. The molecule has 0 aliphatic heterocycles. The Labute approximate surface area is 98.9 Å². The van der Waals surface area contributed by atoms with E-state index < -0.39 is 0 Å². The summed E-state index contributed by atoms with van der Waals surface area (Å²) in [7, 11) is 0. The molecule has 5 nitrogen and oxygen atoms in total. The minimum absolute atomic E-state index is 0.196. The first-order chi connectivity index (χ1) is 8.22. The zero-order valence-corrected chi connectivity index (χ0v) is 9.73. The molecule has 0 fully saturated rings. The van der Waals surface area contributed by atoms with E-state index in [9.17, 15) is 4.79 Å². The van der Waals surface area contributed by atoms with Gasteiger partial charge in [0.2, 0.25) is 5.76 Å². The fourth-order valence-electron chi connectivity index (χ4n) is 1.67. The van der Waals surface area contributed by atoms with Crippen LogP contribution in [0.4, 0.5) is 5.69 Å². The van der Waals surface area contributed by atoms with Gasteiger partial charge in [-0.2, -0.15) is 0 Å². The number of hydrogen-bond acceptors (Lipinski definition) is 4. The van der Waals surface area contributed by atoms with Crippen LogP contribution in [-0.4, -0.2) is 15.9 Å². The van der Waals surface area contributed by atoms with E-state index in [-0.39, 0.29) is 11.7 Å². The third-order valence-corrected chi connectivity index (χ3v) is 2.53. The summed E-state index contributed by atoms with van der Waals surface area (Å²) >= 11 is 0. The summed E-state index contributed by atoms with van der Waals surface area (Å²) in [5.41, 5.74) is 2.71. The summed E-state index contributed by atoms with van der Waals surface area (Å²) in [5, 5.41) is 2.79. The summed E-state index contributed by atoms with van der Waals surface area (Å²) in [6.45, 7) is 3.94. The number of nitrogens with one attached hydrogen (secondary N) is 1. The third-order valence-electron chi connectivity index (χ3n) is 2.53. The number of aryl methyl sites for hydroxylation is 1. The highest BCUT2D eigenvalue weighted by atomic mass is 16.3. The first-order valence-corrected chi connectivity index (χ1v) is 5.36. The van der Waals surface area contributed by atoms with Crippen molar-refractivity contribution < 1.29 is 9.21 Å². The highest BCUT2D eigenvalue weighted by Crippen LogP contribution is 2.18. The minimum Gasteiger partial charge on any atom is -0.438 e. The largest absolute Gasteiger partial charge is 0.438 e. The van der Waals surface area contributed by atoms with Gasteiger partial charge < -0.3 is 9.73 Å². The van der Waals surface area contributed by atoms with Crippen LogP contribution in [0, 0.1) is 6.92 Å². The predicted octanol–water partition coefficient (Wildman–Crippen LogP) is 2.19. The molecule has 1 amide bonds. The fourth-order valence-corrected chi connectivity index (χ4v) is 1.67. The van der Waals surface area contributed by atoms with Gasteiger partial charge in [-0.25, -0.2) is 4.98 Å². The number of rotatable bonds is 3. The Balaban J connectivity index is 2.25. The molecule has 2 heterocycles. The van der Waals surface area contributed by atoms with Gasteiger partial charge in [0.05, 0.1) is 6.20 Å². The second-order valence-electron chi connectivity index (χ2n) is 3.60. The number of amides is 1.